The van der Waals surface area contributed by atoms with E-state index in [9.17, 15) is 19.5 Å². The maximum Gasteiger partial charge on any atom is 0.407 e. The van der Waals surface area contributed by atoms with Crippen molar-refractivity contribution >= 4 is 18.0 Å². The van der Waals surface area contributed by atoms with Gasteiger partial charge in [0.2, 0.25) is 5.91 Å². The molecule has 1 aliphatic rings. The number of amides is 2. The van der Waals surface area contributed by atoms with Crippen LogP contribution in [0.3, 0.4) is 0 Å². The number of rotatable bonds is 10. The number of benzene rings is 2. The Morgan fingerprint density at radius 3 is 2.06 bits per heavy atom. The molecule has 0 aliphatic heterocycles. The monoisotopic (exact) mass is 482 g/mol. The lowest BCUT2D eigenvalue weighted by Crippen LogP contribution is -2.56. The Morgan fingerprint density at radius 1 is 0.971 bits per heavy atom. The molecule has 0 aromatic heterocycles. The fourth-order valence-corrected chi connectivity index (χ4v) is 4.38. The molecule has 0 spiro atoms. The zero-order valence-electron chi connectivity index (χ0n) is 20.7. The van der Waals surface area contributed by atoms with E-state index in [1.807, 2.05) is 36.4 Å². The summed E-state index contributed by atoms with van der Waals surface area (Å²) in [5, 5.41) is 14.7. The van der Waals surface area contributed by atoms with Crippen molar-refractivity contribution in [1.29, 1.82) is 0 Å². The first kappa shape index (κ1) is 26.2. The largest absolute Gasteiger partial charge is 0.480 e. The molecule has 8 nitrogen and oxygen atoms in total. The molecule has 1 aliphatic carbocycles. The molecule has 0 saturated heterocycles. The minimum absolute atomic E-state index is 0.104. The number of carboxylic acids is 1. The van der Waals surface area contributed by atoms with Crippen molar-refractivity contribution in [3.05, 3.63) is 59.7 Å². The van der Waals surface area contributed by atoms with Gasteiger partial charge in [0.05, 0.1) is 0 Å². The van der Waals surface area contributed by atoms with Crippen LogP contribution in [0, 0.1) is 5.41 Å². The van der Waals surface area contributed by atoms with Gasteiger partial charge in [-0.05, 0) is 40.5 Å². The highest BCUT2D eigenvalue weighted by molar-refractivity contribution is 5.90. The smallest absolute Gasteiger partial charge is 0.407 e. The van der Waals surface area contributed by atoms with Crippen LogP contribution in [-0.4, -0.2) is 55.5 Å². The van der Waals surface area contributed by atoms with Gasteiger partial charge < -0.3 is 25.2 Å². The number of ether oxygens (including phenoxy) is 2. The van der Waals surface area contributed by atoms with Gasteiger partial charge in [-0.1, -0.05) is 69.3 Å². The molecule has 0 bridgehead atoms. The first-order valence-corrected chi connectivity index (χ1v) is 11.8. The van der Waals surface area contributed by atoms with E-state index in [0.29, 0.717) is 13.0 Å². The van der Waals surface area contributed by atoms with Crippen molar-refractivity contribution in [2.75, 3.05) is 20.3 Å². The highest BCUT2D eigenvalue weighted by Crippen LogP contribution is 2.44. The first-order valence-electron chi connectivity index (χ1n) is 11.8. The van der Waals surface area contributed by atoms with Gasteiger partial charge in [0.15, 0.2) is 0 Å². The molecule has 2 amide bonds. The Kier molecular flexibility index (Phi) is 8.51. The van der Waals surface area contributed by atoms with Gasteiger partial charge in [-0.2, -0.15) is 0 Å². The number of carbonyl (C=O) groups is 3. The second kappa shape index (κ2) is 11.4. The van der Waals surface area contributed by atoms with Crippen LogP contribution >= 0.6 is 0 Å². The van der Waals surface area contributed by atoms with Gasteiger partial charge in [-0.3, -0.25) is 4.79 Å². The molecule has 0 fully saturated rings. The standard InChI is InChI=1S/C27H34N2O6/c1-27(2,3)23(24(30)28-22(25(31)32)14-9-15-34-4)29-26(33)35-16-21-19-12-7-5-10-17(19)18-11-6-8-13-20(18)21/h5-8,10-13,21-23H,9,14-16H2,1-4H3,(H,28,30)(H,29,33)(H,31,32)/t22?,23-/m0/s1. The molecule has 2 aromatic rings. The number of methoxy groups -OCH3 is 1. The maximum atomic E-state index is 13.0. The number of alkyl carbamates (subject to hydrolysis) is 1. The Morgan fingerprint density at radius 2 is 1.54 bits per heavy atom. The fourth-order valence-electron chi connectivity index (χ4n) is 4.38. The van der Waals surface area contributed by atoms with Crippen LogP contribution in [0.1, 0.15) is 50.7 Å². The summed E-state index contributed by atoms with van der Waals surface area (Å²) in [5.74, 6) is -1.81. The number of hydrogen-bond acceptors (Lipinski definition) is 5. The van der Waals surface area contributed by atoms with Gasteiger partial charge >= 0.3 is 12.1 Å². The average Bonchev–Trinajstić information content (AvgIpc) is 3.13. The predicted molar refractivity (Wildman–Crippen MR) is 132 cm³/mol. The molecule has 188 valence electrons. The number of carboxylic acid groups (broad SMARTS) is 1. The van der Waals surface area contributed by atoms with E-state index < -0.39 is 35.5 Å². The molecule has 1 unspecified atom stereocenters. The minimum atomic E-state index is -1.14. The van der Waals surface area contributed by atoms with Crippen molar-refractivity contribution in [2.24, 2.45) is 5.41 Å². The highest BCUT2D eigenvalue weighted by Gasteiger charge is 2.36. The van der Waals surface area contributed by atoms with E-state index in [2.05, 4.69) is 22.8 Å². The van der Waals surface area contributed by atoms with Crippen LogP contribution in [0.25, 0.3) is 11.1 Å². The van der Waals surface area contributed by atoms with E-state index in [1.165, 1.54) is 7.11 Å². The minimum Gasteiger partial charge on any atom is -0.480 e. The Balaban J connectivity index is 1.66. The molecule has 2 aromatic carbocycles. The highest BCUT2D eigenvalue weighted by atomic mass is 16.5. The second-order valence-corrected chi connectivity index (χ2v) is 9.80. The fraction of sp³-hybridized carbons (Fsp3) is 0.444. The van der Waals surface area contributed by atoms with Gasteiger partial charge in [0.1, 0.15) is 18.7 Å². The molecule has 2 atom stereocenters. The summed E-state index contributed by atoms with van der Waals surface area (Å²) in [6, 6.07) is 14.0. The Bertz CT molecular complexity index is 1020. The first-order chi connectivity index (χ1) is 16.6. The molecule has 3 N–H and O–H groups in total. The van der Waals surface area contributed by atoms with Crippen LogP contribution < -0.4 is 10.6 Å². The number of fused-ring (bicyclic) bond motifs is 3. The van der Waals surface area contributed by atoms with Gasteiger partial charge in [0.25, 0.3) is 0 Å². The summed E-state index contributed by atoms with van der Waals surface area (Å²) >= 11 is 0. The molecular weight excluding hydrogens is 448 g/mol. The maximum absolute atomic E-state index is 13.0. The summed E-state index contributed by atoms with van der Waals surface area (Å²) < 4.78 is 10.5. The summed E-state index contributed by atoms with van der Waals surface area (Å²) in [4.78, 5) is 37.4. The van der Waals surface area contributed by atoms with Gasteiger partial charge in [-0.15, -0.1) is 0 Å². The molecule has 3 rings (SSSR count). The summed E-state index contributed by atoms with van der Waals surface area (Å²) in [6.07, 6.45) is -0.0297. The van der Waals surface area contributed by atoms with Crippen molar-refractivity contribution in [1.82, 2.24) is 10.6 Å². The van der Waals surface area contributed by atoms with Gasteiger partial charge in [0, 0.05) is 19.6 Å². The third kappa shape index (κ3) is 6.39. The lowest BCUT2D eigenvalue weighted by atomic mass is 9.86. The number of carbonyl (C=O) groups excluding carboxylic acids is 2. The van der Waals surface area contributed by atoms with E-state index >= 15 is 0 Å². The van der Waals surface area contributed by atoms with Gasteiger partial charge in [-0.25, -0.2) is 9.59 Å². The second-order valence-electron chi connectivity index (χ2n) is 9.80. The van der Waals surface area contributed by atoms with Crippen LogP contribution in [0.4, 0.5) is 4.79 Å². The molecular formula is C27H34N2O6. The van der Waals surface area contributed by atoms with Crippen LogP contribution in [0.15, 0.2) is 48.5 Å². The van der Waals surface area contributed by atoms with Crippen molar-refractivity contribution in [2.45, 2.75) is 51.6 Å². The molecule has 8 heteroatoms. The lowest BCUT2D eigenvalue weighted by Gasteiger charge is -2.31. The lowest BCUT2D eigenvalue weighted by molar-refractivity contribution is -0.142. The zero-order valence-corrected chi connectivity index (χ0v) is 20.7. The van der Waals surface area contributed by atoms with Crippen molar-refractivity contribution in [3.63, 3.8) is 0 Å². The SMILES string of the molecule is COCCCC(NC(=O)[C@H](NC(=O)OCC1c2ccccc2-c2ccccc21)C(C)(C)C)C(=O)O. The zero-order chi connectivity index (χ0) is 25.6. The van der Waals surface area contributed by atoms with Crippen LogP contribution in [0.2, 0.25) is 0 Å². The van der Waals surface area contributed by atoms with E-state index in [-0.39, 0.29) is 18.9 Å². The summed E-state index contributed by atoms with van der Waals surface area (Å²) in [7, 11) is 1.53. The van der Waals surface area contributed by atoms with Crippen LogP contribution in [-0.2, 0) is 19.1 Å². The molecule has 0 heterocycles. The number of hydrogen-bond donors (Lipinski definition) is 3. The molecule has 35 heavy (non-hydrogen) atoms. The van der Waals surface area contributed by atoms with Crippen molar-refractivity contribution in [3.8, 4) is 11.1 Å². The third-order valence-corrected chi connectivity index (χ3v) is 6.19. The van der Waals surface area contributed by atoms with E-state index in [0.717, 1.165) is 22.3 Å². The summed E-state index contributed by atoms with van der Waals surface area (Å²) in [5.41, 5.74) is 3.75. The summed E-state index contributed by atoms with van der Waals surface area (Å²) in [6.45, 7) is 5.89. The normalized spacial score (nSPS) is 14.4. The topological polar surface area (TPSA) is 114 Å². The van der Waals surface area contributed by atoms with Crippen molar-refractivity contribution < 1.29 is 29.0 Å². The Hall–Kier alpha value is -3.39. The predicted octanol–water partition coefficient (Wildman–Crippen LogP) is 3.94. The molecule has 0 radical (unpaired) electrons. The quantitative estimate of drug-likeness (QED) is 0.442. The van der Waals surface area contributed by atoms with Crippen LogP contribution in [0.5, 0.6) is 0 Å². The number of aliphatic carboxylic acids is 1. The Labute approximate surface area is 206 Å². The average molecular weight is 483 g/mol. The van der Waals surface area contributed by atoms with E-state index in [4.69, 9.17) is 9.47 Å². The van der Waals surface area contributed by atoms with E-state index in [1.54, 1.807) is 20.8 Å². The third-order valence-electron chi connectivity index (χ3n) is 6.19. The number of nitrogens with one attached hydrogen (secondary N) is 2. The molecule has 0 saturated carbocycles.